The fourth-order valence-corrected chi connectivity index (χ4v) is 5.54. The van der Waals surface area contributed by atoms with Crippen molar-refractivity contribution >= 4 is 38.9 Å². The summed E-state index contributed by atoms with van der Waals surface area (Å²) in [6, 6.07) is 4.96. The number of anilines is 1. The molecule has 1 aromatic rings. The van der Waals surface area contributed by atoms with E-state index < -0.39 is 9.84 Å². The molecule has 3 rings (SSSR count). The summed E-state index contributed by atoms with van der Waals surface area (Å²) in [5.41, 5.74) is 1.55. The predicted octanol–water partition coefficient (Wildman–Crippen LogP) is 2.26. The van der Waals surface area contributed by atoms with E-state index in [4.69, 9.17) is 11.6 Å². The largest absolute Gasteiger partial charge is 0.339 e. The molecule has 0 aromatic heterocycles. The molecule has 1 aliphatic heterocycles. The van der Waals surface area contributed by atoms with Crippen molar-refractivity contribution in [2.24, 2.45) is 11.8 Å². The zero-order valence-corrected chi connectivity index (χ0v) is 16.4. The van der Waals surface area contributed by atoms with Gasteiger partial charge in [0.2, 0.25) is 11.8 Å². The van der Waals surface area contributed by atoms with Crippen molar-refractivity contribution in [2.45, 2.75) is 32.7 Å². The van der Waals surface area contributed by atoms with Crippen molar-refractivity contribution in [3.05, 3.63) is 28.8 Å². The summed E-state index contributed by atoms with van der Waals surface area (Å²) in [7, 11) is -3.05. The maximum Gasteiger partial charge on any atom is 0.228 e. The van der Waals surface area contributed by atoms with E-state index in [0.29, 0.717) is 30.1 Å². The standard InChI is InChI=1S/C18H23ClN2O4S/c1-3-21(13-6-7-26(24,25)10-13)18(23)15-9-14(15)17(22)20-16-5-4-12(19)8-11(16)2/h4-5,8,13-15H,3,6-7,9-10H2,1-2H3,(H,20,22). The van der Waals surface area contributed by atoms with Gasteiger partial charge in [0.05, 0.1) is 23.3 Å². The third-order valence-corrected chi connectivity index (χ3v) is 7.15. The molecule has 142 valence electrons. The molecule has 2 fully saturated rings. The minimum absolute atomic E-state index is 0.0279. The smallest absolute Gasteiger partial charge is 0.228 e. The molecule has 6 nitrogen and oxygen atoms in total. The lowest BCUT2D eigenvalue weighted by Crippen LogP contribution is -2.42. The highest BCUT2D eigenvalue weighted by Gasteiger charge is 2.50. The maximum absolute atomic E-state index is 12.7. The second-order valence-electron chi connectivity index (χ2n) is 7.08. The van der Waals surface area contributed by atoms with Gasteiger partial charge in [-0.15, -0.1) is 0 Å². The van der Waals surface area contributed by atoms with Gasteiger partial charge in [0.1, 0.15) is 0 Å². The Kier molecular flexibility index (Phi) is 5.30. The van der Waals surface area contributed by atoms with E-state index >= 15 is 0 Å². The van der Waals surface area contributed by atoms with Crippen molar-refractivity contribution in [3.8, 4) is 0 Å². The summed E-state index contributed by atoms with van der Waals surface area (Å²) in [6.45, 7) is 4.16. The Bertz CT molecular complexity index is 840. The molecule has 1 heterocycles. The molecule has 1 N–H and O–H groups in total. The van der Waals surface area contributed by atoms with E-state index in [0.717, 1.165) is 5.56 Å². The number of nitrogens with zero attached hydrogens (tertiary/aromatic N) is 1. The molecule has 1 aliphatic carbocycles. The summed E-state index contributed by atoms with van der Waals surface area (Å²) in [5.74, 6) is -0.839. The summed E-state index contributed by atoms with van der Waals surface area (Å²) < 4.78 is 23.4. The number of sulfone groups is 1. The molecule has 3 unspecified atom stereocenters. The molecular formula is C18H23ClN2O4S. The molecule has 26 heavy (non-hydrogen) atoms. The minimum Gasteiger partial charge on any atom is -0.339 e. The van der Waals surface area contributed by atoms with Gasteiger partial charge in [-0.2, -0.15) is 0 Å². The molecule has 1 aromatic carbocycles. The monoisotopic (exact) mass is 398 g/mol. The highest BCUT2D eigenvalue weighted by molar-refractivity contribution is 7.91. The average molecular weight is 399 g/mol. The Morgan fingerprint density at radius 3 is 2.62 bits per heavy atom. The van der Waals surface area contributed by atoms with E-state index in [9.17, 15) is 18.0 Å². The van der Waals surface area contributed by atoms with Gasteiger partial charge in [-0.25, -0.2) is 8.42 Å². The maximum atomic E-state index is 12.7. The zero-order chi connectivity index (χ0) is 19.1. The van der Waals surface area contributed by atoms with Gasteiger partial charge in [-0.05, 0) is 50.5 Å². The first-order chi connectivity index (χ1) is 12.2. The number of nitrogens with one attached hydrogen (secondary N) is 1. The van der Waals surface area contributed by atoms with Crippen molar-refractivity contribution in [2.75, 3.05) is 23.4 Å². The van der Waals surface area contributed by atoms with Crippen LogP contribution in [-0.2, 0) is 19.4 Å². The Morgan fingerprint density at radius 2 is 2.04 bits per heavy atom. The fourth-order valence-electron chi connectivity index (χ4n) is 3.58. The highest BCUT2D eigenvalue weighted by atomic mass is 35.5. The fraction of sp³-hybridized carbons (Fsp3) is 0.556. The van der Waals surface area contributed by atoms with E-state index in [1.165, 1.54) is 0 Å². The minimum atomic E-state index is -3.05. The summed E-state index contributed by atoms with van der Waals surface area (Å²) in [4.78, 5) is 26.8. The first kappa shape index (κ1) is 19.2. The van der Waals surface area contributed by atoms with Crippen molar-refractivity contribution < 1.29 is 18.0 Å². The average Bonchev–Trinajstić information content (AvgIpc) is 3.29. The summed E-state index contributed by atoms with van der Waals surface area (Å²) >= 11 is 5.92. The van der Waals surface area contributed by atoms with Crippen LogP contribution < -0.4 is 5.32 Å². The Balaban J connectivity index is 1.61. The van der Waals surface area contributed by atoms with Crippen LogP contribution in [0.4, 0.5) is 5.69 Å². The van der Waals surface area contributed by atoms with E-state index in [-0.39, 0.29) is 41.2 Å². The zero-order valence-electron chi connectivity index (χ0n) is 14.9. The van der Waals surface area contributed by atoms with Crippen LogP contribution in [0.2, 0.25) is 5.02 Å². The summed E-state index contributed by atoms with van der Waals surface area (Å²) in [5, 5.41) is 3.46. The first-order valence-corrected chi connectivity index (χ1v) is 11.0. The summed E-state index contributed by atoms with van der Waals surface area (Å²) in [6.07, 6.45) is 0.989. The lowest BCUT2D eigenvalue weighted by atomic mass is 10.1. The molecule has 1 saturated carbocycles. The van der Waals surface area contributed by atoms with Crippen LogP contribution in [0, 0.1) is 18.8 Å². The van der Waals surface area contributed by atoms with Gasteiger partial charge in [0, 0.05) is 23.3 Å². The Hall–Kier alpha value is -1.60. The van der Waals surface area contributed by atoms with Crippen LogP contribution in [0.5, 0.6) is 0 Å². The molecule has 0 spiro atoms. The Morgan fingerprint density at radius 1 is 1.31 bits per heavy atom. The number of aryl methyl sites for hydroxylation is 1. The van der Waals surface area contributed by atoms with Crippen molar-refractivity contribution in [1.29, 1.82) is 0 Å². The number of amides is 2. The van der Waals surface area contributed by atoms with Gasteiger partial charge in [0.25, 0.3) is 0 Å². The van der Waals surface area contributed by atoms with E-state index in [1.54, 1.807) is 23.1 Å². The number of carbonyl (C=O) groups is 2. The molecule has 1 saturated heterocycles. The lowest BCUT2D eigenvalue weighted by Gasteiger charge is -2.27. The van der Waals surface area contributed by atoms with Gasteiger partial charge in [0.15, 0.2) is 9.84 Å². The second kappa shape index (κ2) is 7.19. The molecule has 3 atom stereocenters. The number of halogens is 1. The number of hydrogen-bond acceptors (Lipinski definition) is 4. The van der Waals surface area contributed by atoms with Crippen LogP contribution >= 0.6 is 11.6 Å². The van der Waals surface area contributed by atoms with Gasteiger partial charge < -0.3 is 10.2 Å². The number of hydrogen-bond donors (Lipinski definition) is 1. The third-order valence-electron chi connectivity index (χ3n) is 5.16. The number of benzene rings is 1. The van der Waals surface area contributed by atoms with Crippen molar-refractivity contribution in [3.63, 3.8) is 0 Å². The van der Waals surface area contributed by atoms with Gasteiger partial charge in [-0.1, -0.05) is 11.6 Å². The third kappa shape index (κ3) is 4.04. The molecule has 0 radical (unpaired) electrons. The second-order valence-corrected chi connectivity index (χ2v) is 9.74. The predicted molar refractivity (Wildman–Crippen MR) is 101 cm³/mol. The number of carbonyl (C=O) groups excluding carboxylic acids is 2. The van der Waals surface area contributed by atoms with Crippen LogP contribution in [0.25, 0.3) is 0 Å². The van der Waals surface area contributed by atoms with E-state index in [2.05, 4.69) is 5.32 Å². The van der Waals surface area contributed by atoms with E-state index in [1.807, 2.05) is 13.8 Å². The van der Waals surface area contributed by atoms with Gasteiger partial charge >= 0.3 is 0 Å². The SMILES string of the molecule is CCN(C(=O)C1CC1C(=O)Nc1ccc(Cl)cc1C)C1CCS(=O)(=O)C1. The quantitative estimate of drug-likeness (QED) is 0.824. The molecular weight excluding hydrogens is 376 g/mol. The molecule has 8 heteroatoms. The van der Waals surface area contributed by atoms with Crippen LogP contribution in [0.1, 0.15) is 25.3 Å². The highest BCUT2D eigenvalue weighted by Crippen LogP contribution is 2.42. The topological polar surface area (TPSA) is 83.6 Å². The van der Waals surface area contributed by atoms with Crippen LogP contribution in [0.15, 0.2) is 18.2 Å². The first-order valence-electron chi connectivity index (χ1n) is 8.79. The molecule has 0 bridgehead atoms. The molecule has 2 amide bonds. The van der Waals surface area contributed by atoms with Crippen molar-refractivity contribution in [1.82, 2.24) is 4.90 Å². The van der Waals surface area contributed by atoms with Crippen LogP contribution in [-0.4, -0.2) is 49.2 Å². The molecule has 2 aliphatic rings. The lowest BCUT2D eigenvalue weighted by molar-refractivity contribution is -0.135. The number of rotatable bonds is 5. The normalized spacial score (nSPS) is 26.3. The van der Waals surface area contributed by atoms with Crippen LogP contribution in [0.3, 0.4) is 0 Å². The van der Waals surface area contributed by atoms with Gasteiger partial charge in [-0.3, -0.25) is 9.59 Å². The Labute approximate surface area is 158 Å².